The van der Waals surface area contributed by atoms with Gasteiger partial charge in [0.05, 0.1) is 11.1 Å². The third kappa shape index (κ3) is 2.03. The summed E-state index contributed by atoms with van der Waals surface area (Å²) < 4.78 is 0. The lowest BCUT2D eigenvalue weighted by atomic mass is 9.95. The highest BCUT2D eigenvalue weighted by Gasteiger charge is 2.44. The van der Waals surface area contributed by atoms with Crippen LogP contribution in [-0.2, 0) is 0 Å². The molecule has 0 atom stereocenters. The molecular weight excluding hydrogens is 266 g/mol. The Labute approximate surface area is 124 Å². The number of nitrogens with two attached hydrogens (primary N) is 1. The van der Waals surface area contributed by atoms with Gasteiger partial charge in [0.15, 0.2) is 0 Å². The highest BCUT2D eigenvalue weighted by Crippen LogP contribution is 2.37. The first kappa shape index (κ1) is 14.1. The minimum absolute atomic E-state index is 0.0951. The monoisotopic (exact) mass is 287 g/mol. The number of anilines is 1. The molecule has 1 aromatic carbocycles. The van der Waals surface area contributed by atoms with Crippen molar-refractivity contribution in [3.63, 3.8) is 0 Å². The Balaban J connectivity index is 1.93. The molecule has 0 saturated heterocycles. The van der Waals surface area contributed by atoms with Gasteiger partial charge in [-0.2, -0.15) is 0 Å². The molecular formula is C16H21N3O2. The van der Waals surface area contributed by atoms with Gasteiger partial charge in [-0.15, -0.1) is 0 Å². The molecule has 0 unspecified atom stereocenters. The smallest absolute Gasteiger partial charge is 0.263 e. The van der Waals surface area contributed by atoms with Crippen LogP contribution in [0.15, 0.2) is 18.2 Å². The van der Waals surface area contributed by atoms with Gasteiger partial charge in [-0.1, -0.05) is 18.9 Å². The standard InChI is InChI=1S/C16H21N3O2/c1-18(2)16(8-3-4-9-16)10-19-14(20)11-6-5-7-12(17)13(11)15(19)21/h5-7H,3-4,8-10,17H2,1-2H3. The maximum absolute atomic E-state index is 12.6. The van der Waals surface area contributed by atoms with E-state index in [2.05, 4.69) is 4.90 Å². The molecule has 2 N–H and O–H groups in total. The van der Waals surface area contributed by atoms with E-state index in [4.69, 9.17) is 5.73 Å². The molecule has 2 aliphatic rings. The van der Waals surface area contributed by atoms with Gasteiger partial charge in [-0.05, 0) is 39.1 Å². The molecule has 0 radical (unpaired) electrons. The van der Waals surface area contributed by atoms with Gasteiger partial charge in [0.1, 0.15) is 0 Å². The molecule has 1 saturated carbocycles. The summed E-state index contributed by atoms with van der Waals surface area (Å²) in [6.45, 7) is 0.450. The number of imide groups is 1. The number of carbonyl (C=O) groups excluding carboxylic acids is 2. The highest BCUT2D eigenvalue weighted by molar-refractivity contribution is 6.23. The van der Waals surface area contributed by atoms with E-state index in [0.29, 0.717) is 23.4 Å². The molecule has 1 aliphatic heterocycles. The van der Waals surface area contributed by atoms with Crippen LogP contribution >= 0.6 is 0 Å². The predicted octanol–water partition coefficient (Wildman–Crippen LogP) is 1.74. The fourth-order valence-corrected chi connectivity index (χ4v) is 3.58. The first-order valence-corrected chi connectivity index (χ1v) is 7.38. The Morgan fingerprint density at radius 1 is 1.19 bits per heavy atom. The number of hydrogen-bond acceptors (Lipinski definition) is 4. The van der Waals surface area contributed by atoms with E-state index in [0.717, 1.165) is 25.7 Å². The van der Waals surface area contributed by atoms with Crippen LogP contribution in [0.1, 0.15) is 46.4 Å². The number of hydrogen-bond donors (Lipinski definition) is 1. The number of rotatable bonds is 3. The van der Waals surface area contributed by atoms with Gasteiger partial charge in [-0.25, -0.2) is 0 Å². The molecule has 1 aromatic rings. The topological polar surface area (TPSA) is 66.6 Å². The van der Waals surface area contributed by atoms with Crippen molar-refractivity contribution in [3.8, 4) is 0 Å². The normalized spacial score (nSPS) is 20.4. The second-order valence-corrected chi connectivity index (χ2v) is 6.29. The van der Waals surface area contributed by atoms with Crippen LogP contribution in [0.2, 0.25) is 0 Å². The van der Waals surface area contributed by atoms with E-state index >= 15 is 0 Å². The first-order valence-electron chi connectivity index (χ1n) is 7.38. The van der Waals surface area contributed by atoms with Crippen LogP contribution in [0, 0.1) is 0 Å². The van der Waals surface area contributed by atoms with Crippen molar-refractivity contribution in [3.05, 3.63) is 29.3 Å². The lowest BCUT2D eigenvalue weighted by Crippen LogP contribution is -2.52. The lowest BCUT2D eigenvalue weighted by molar-refractivity contribution is 0.0504. The molecule has 5 heteroatoms. The fourth-order valence-electron chi connectivity index (χ4n) is 3.58. The van der Waals surface area contributed by atoms with Crippen LogP contribution in [0.3, 0.4) is 0 Å². The van der Waals surface area contributed by atoms with E-state index < -0.39 is 0 Å². The summed E-state index contributed by atoms with van der Waals surface area (Å²) in [6.07, 6.45) is 4.32. The van der Waals surface area contributed by atoms with Crippen LogP contribution < -0.4 is 5.73 Å². The highest BCUT2D eigenvalue weighted by atomic mass is 16.2. The largest absolute Gasteiger partial charge is 0.398 e. The number of carbonyl (C=O) groups is 2. The van der Waals surface area contributed by atoms with Crippen molar-refractivity contribution >= 4 is 17.5 Å². The number of nitrogens with zero attached hydrogens (tertiary/aromatic N) is 2. The Morgan fingerprint density at radius 2 is 1.86 bits per heavy atom. The summed E-state index contributed by atoms with van der Waals surface area (Å²) in [4.78, 5) is 28.7. The van der Waals surface area contributed by atoms with Gasteiger partial charge in [0.2, 0.25) is 0 Å². The van der Waals surface area contributed by atoms with Crippen molar-refractivity contribution in [2.24, 2.45) is 0 Å². The maximum Gasteiger partial charge on any atom is 0.263 e. The number of likely N-dealkylation sites (N-methyl/N-ethyl adjacent to an activating group) is 1. The van der Waals surface area contributed by atoms with Crippen LogP contribution in [0.5, 0.6) is 0 Å². The third-order valence-electron chi connectivity index (χ3n) is 4.97. The van der Waals surface area contributed by atoms with Gasteiger partial charge in [-0.3, -0.25) is 14.5 Å². The Kier molecular flexibility index (Phi) is 3.24. The Bertz CT molecular complexity index is 604. The predicted molar refractivity (Wildman–Crippen MR) is 81.1 cm³/mol. The molecule has 0 bridgehead atoms. The number of nitrogen functional groups attached to an aromatic ring is 1. The zero-order valence-electron chi connectivity index (χ0n) is 12.6. The van der Waals surface area contributed by atoms with Crippen molar-refractivity contribution < 1.29 is 9.59 Å². The summed E-state index contributed by atoms with van der Waals surface area (Å²) >= 11 is 0. The molecule has 112 valence electrons. The van der Waals surface area contributed by atoms with Gasteiger partial charge in [0.25, 0.3) is 11.8 Å². The average molecular weight is 287 g/mol. The molecule has 1 aliphatic carbocycles. The van der Waals surface area contributed by atoms with Gasteiger partial charge >= 0.3 is 0 Å². The summed E-state index contributed by atoms with van der Waals surface area (Å²) in [5.74, 6) is -0.461. The molecule has 3 rings (SSSR count). The van der Waals surface area contributed by atoms with Crippen molar-refractivity contribution in [2.45, 2.75) is 31.2 Å². The van der Waals surface area contributed by atoms with Crippen molar-refractivity contribution in [1.82, 2.24) is 9.80 Å². The molecule has 1 fully saturated rings. The zero-order valence-corrected chi connectivity index (χ0v) is 12.6. The quantitative estimate of drug-likeness (QED) is 0.679. The Morgan fingerprint density at radius 3 is 2.43 bits per heavy atom. The summed E-state index contributed by atoms with van der Waals surface area (Å²) in [5.41, 5.74) is 6.98. The molecule has 1 heterocycles. The average Bonchev–Trinajstić information content (AvgIpc) is 3.01. The number of benzene rings is 1. The van der Waals surface area contributed by atoms with Crippen molar-refractivity contribution in [1.29, 1.82) is 0 Å². The van der Waals surface area contributed by atoms with Crippen LogP contribution in [0.25, 0.3) is 0 Å². The second kappa shape index (κ2) is 4.84. The van der Waals surface area contributed by atoms with Crippen LogP contribution in [-0.4, -0.2) is 47.8 Å². The second-order valence-electron chi connectivity index (χ2n) is 6.29. The van der Waals surface area contributed by atoms with E-state index in [1.807, 2.05) is 14.1 Å². The number of fused-ring (bicyclic) bond motifs is 1. The summed E-state index contributed by atoms with van der Waals surface area (Å²) in [5, 5.41) is 0. The SMILES string of the molecule is CN(C)C1(CN2C(=O)c3cccc(N)c3C2=O)CCCC1. The molecule has 21 heavy (non-hydrogen) atoms. The fraction of sp³-hybridized carbons (Fsp3) is 0.500. The van der Waals surface area contributed by atoms with Crippen molar-refractivity contribution in [2.75, 3.05) is 26.4 Å². The third-order valence-corrected chi connectivity index (χ3v) is 4.97. The van der Waals surface area contributed by atoms with E-state index in [-0.39, 0.29) is 17.4 Å². The first-order chi connectivity index (χ1) is 9.96. The van der Waals surface area contributed by atoms with Gasteiger partial charge < -0.3 is 10.6 Å². The van der Waals surface area contributed by atoms with E-state index in [1.165, 1.54) is 4.90 Å². The molecule has 0 aromatic heterocycles. The molecule has 2 amide bonds. The van der Waals surface area contributed by atoms with E-state index in [1.54, 1.807) is 18.2 Å². The van der Waals surface area contributed by atoms with E-state index in [9.17, 15) is 9.59 Å². The summed E-state index contributed by atoms with van der Waals surface area (Å²) in [7, 11) is 4.05. The number of amides is 2. The lowest BCUT2D eigenvalue weighted by Gasteiger charge is -2.38. The summed E-state index contributed by atoms with van der Waals surface area (Å²) in [6, 6.07) is 5.08. The Hall–Kier alpha value is -1.88. The zero-order chi connectivity index (χ0) is 15.2. The molecule has 5 nitrogen and oxygen atoms in total. The maximum atomic E-state index is 12.6. The van der Waals surface area contributed by atoms with Crippen LogP contribution in [0.4, 0.5) is 5.69 Å². The molecule has 0 spiro atoms. The minimum atomic E-state index is -0.249. The minimum Gasteiger partial charge on any atom is -0.398 e. The van der Waals surface area contributed by atoms with Gasteiger partial charge in [0, 0.05) is 17.8 Å².